The molecule has 2 aromatic rings. The van der Waals surface area contributed by atoms with Crippen LogP contribution in [0.25, 0.3) is 0 Å². The van der Waals surface area contributed by atoms with Crippen molar-refractivity contribution in [2.75, 3.05) is 0 Å². The number of hydrogen-bond donors (Lipinski definition) is 1. The Morgan fingerprint density at radius 3 is 2.33 bits per heavy atom. The van der Waals surface area contributed by atoms with Gasteiger partial charge in [0.2, 0.25) is 0 Å². The van der Waals surface area contributed by atoms with E-state index in [1.54, 1.807) is 18.2 Å². The lowest BCUT2D eigenvalue weighted by atomic mass is 10.0. The fourth-order valence-corrected chi connectivity index (χ4v) is 2.44. The largest absolute Gasteiger partial charge is 0.482 e. The predicted molar refractivity (Wildman–Crippen MR) is 89.5 cm³/mol. The summed E-state index contributed by atoms with van der Waals surface area (Å²) in [6.45, 7) is 2.01. The monoisotopic (exact) mass is 343 g/mol. The minimum Gasteiger partial charge on any atom is -0.482 e. The van der Waals surface area contributed by atoms with Gasteiger partial charge in [0.05, 0.1) is 5.02 Å². The van der Waals surface area contributed by atoms with E-state index in [1.165, 1.54) is 0 Å². The summed E-state index contributed by atoms with van der Waals surface area (Å²) in [6.07, 6.45) is 0.453. The molecule has 0 aromatic heterocycles. The molecule has 0 heterocycles. The fraction of sp³-hybridized carbons (Fsp3) is 0.250. The Kier molecular flexibility index (Phi) is 5.77. The van der Waals surface area contributed by atoms with Crippen LogP contribution in [0.2, 0.25) is 15.1 Å². The molecule has 21 heavy (non-hydrogen) atoms. The lowest BCUT2D eigenvalue weighted by Crippen LogP contribution is -2.31. The van der Waals surface area contributed by atoms with Gasteiger partial charge in [-0.05, 0) is 36.2 Å². The molecule has 0 saturated heterocycles. The average Bonchev–Trinajstić information content (AvgIpc) is 2.49. The van der Waals surface area contributed by atoms with E-state index in [0.717, 1.165) is 12.0 Å². The van der Waals surface area contributed by atoms with Crippen molar-refractivity contribution in [2.45, 2.75) is 25.5 Å². The van der Waals surface area contributed by atoms with Crippen LogP contribution in [0.5, 0.6) is 5.75 Å². The van der Waals surface area contributed by atoms with Gasteiger partial charge in [-0.3, -0.25) is 0 Å². The highest BCUT2D eigenvalue weighted by molar-refractivity contribution is 6.42. The Morgan fingerprint density at radius 2 is 1.71 bits per heavy atom. The Bertz CT molecular complexity index is 601. The first-order valence-corrected chi connectivity index (χ1v) is 7.78. The van der Waals surface area contributed by atoms with Crippen molar-refractivity contribution >= 4 is 34.8 Å². The second-order valence-corrected chi connectivity index (χ2v) is 5.94. The van der Waals surface area contributed by atoms with Gasteiger partial charge in [0, 0.05) is 11.1 Å². The zero-order valence-electron chi connectivity index (χ0n) is 11.5. The molecule has 0 saturated carbocycles. The minimum atomic E-state index is -0.316. The normalized spacial score (nSPS) is 13.8. The fourth-order valence-electron chi connectivity index (χ4n) is 1.98. The molecule has 2 rings (SSSR count). The van der Waals surface area contributed by atoms with E-state index < -0.39 is 0 Å². The molecule has 2 N–H and O–H groups in total. The molecule has 0 fully saturated rings. The highest BCUT2D eigenvalue weighted by Gasteiger charge is 2.22. The van der Waals surface area contributed by atoms with Gasteiger partial charge in [-0.15, -0.1) is 0 Å². The molecule has 0 radical (unpaired) electrons. The number of rotatable bonds is 5. The zero-order chi connectivity index (χ0) is 15.4. The van der Waals surface area contributed by atoms with E-state index in [2.05, 4.69) is 0 Å². The third-order valence-electron chi connectivity index (χ3n) is 3.23. The van der Waals surface area contributed by atoms with E-state index in [0.29, 0.717) is 20.8 Å². The van der Waals surface area contributed by atoms with Gasteiger partial charge in [0.15, 0.2) is 0 Å². The van der Waals surface area contributed by atoms with E-state index >= 15 is 0 Å². The first kappa shape index (κ1) is 16.4. The van der Waals surface area contributed by atoms with E-state index in [9.17, 15) is 0 Å². The van der Waals surface area contributed by atoms with Crippen molar-refractivity contribution in [2.24, 2.45) is 5.73 Å². The molecular weight excluding hydrogens is 329 g/mol. The van der Waals surface area contributed by atoms with Crippen LogP contribution in [0.4, 0.5) is 0 Å². The van der Waals surface area contributed by atoms with Crippen LogP contribution in [0, 0.1) is 0 Å². The van der Waals surface area contributed by atoms with Crippen LogP contribution >= 0.6 is 34.8 Å². The van der Waals surface area contributed by atoms with E-state index in [1.807, 2.05) is 31.2 Å². The third kappa shape index (κ3) is 4.04. The molecule has 0 spiro atoms. The molecular formula is C16H16Cl3NO. The van der Waals surface area contributed by atoms with Gasteiger partial charge in [-0.25, -0.2) is 0 Å². The van der Waals surface area contributed by atoms with Gasteiger partial charge in [0.25, 0.3) is 0 Å². The van der Waals surface area contributed by atoms with E-state index in [-0.39, 0.29) is 12.1 Å². The number of halogens is 3. The molecule has 0 aliphatic rings. The van der Waals surface area contributed by atoms with Crippen LogP contribution in [-0.4, -0.2) is 6.04 Å². The standard InChI is InChI=1S/C16H16Cl3NO/c1-2-13(20)16(10-6-8-11(17)9-7-10)21-14-5-3-4-12(18)15(14)19/h3-9,13,16H,2,20H2,1H3. The summed E-state index contributed by atoms with van der Waals surface area (Å²) in [5, 5.41) is 1.51. The summed E-state index contributed by atoms with van der Waals surface area (Å²) in [5.74, 6) is 0.521. The van der Waals surface area contributed by atoms with Crippen LogP contribution in [-0.2, 0) is 0 Å². The van der Waals surface area contributed by atoms with Crippen LogP contribution < -0.4 is 10.5 Å². The van der Waals surface area contributed by atoms with E-state index in [4.69, 9.17) is 45.3 Å². The smallest absolute Gasteiger partial charge is 0.140 e. The number of benzene rings is 2. The van der Waals surface area contributed by atoms with Gasteiger partial charge in [0.1, 0.15) is 16.9 Å². The van der Waals surface area contributed by atoms with Crippen molar-refractivity contribution in [1.82, 2.24) is 0 Å². The van der Waals surface area contributed by atoms with Gasteiger partial charge < -0.3 is 10.5 Å². The van der Waals surface area contributed by atoms with Crippen molar-refractivity contribution in [1.29, 1.82) is 0 Å². The summed E-state index contributed by atoms with van der Waals surface area (Å²) in [5.41, 5.74) is 7.14. The van der Waals surface area contributed by atoms with Gasteiger partial charge >= 0.3 is 0 Å². The van der Waals surface area contributed by atoms with Crippen molar-refractivity contribution < 1.29 is 4.74 Å². The van der Waals surface area contributed by atoms with Crippen LogP contribution in [0.3, 0.4) is 0 Å². The lowest BCUT2D eigenvalue weighted by Gasteiger charge is -2.25. The summed E-state index contributed by atoms with van der Waals surface area (Å²) in [7, 11) is 0. The summed E-state index contributed by atoms with van der Waals surface area (Å²) >= 11 is 18.1. The number of nitrogens with two attached hydrogens (primary N) is 1. The first-order chi connectivity index (χ1) is 10.0. The molecule has 5 heteroatoms. The molecule has 2 nitrogen and oxygen atoms in total. The maximum Gasteiger partial charge on any atom is 0.140 e. The molecule has 0 aliphatic heterocycles. The Morgan fingerprint density at radius 1 is 1.05 bits per heavy atom. The third-order valence-corrected chi connectivity index (χ3v) is 4.28. The second kappa shape index (κ2) is 7.37. The quantitative estimate of drug-likeness (QED) is 0.776. The van der Waals surface area contributed by atoms with Crippen LogP contribution in [0.1, 0.15) is 25.0 Å². The molecule has 2 unspecified atom stereocenters. The zero-order valence-corrected chi connectivity index (χ0v) is 13.8. The minimum absolute atomic E-state index is 0.166. The maximum absolute atomic E-state index is 6.19. The molecule has 2 aromatic carbocycles. The second-order valence-electron chi connectivity index (χ2n) is 4.71. The molecule has 0 bridgehead atoms. The molecule has 0 aliphatic carbocycles. The number of ether oxygens (including phenoxy) is 1. The summed E-state index contributed by atoms with van der Waals surface area (Å²) in [6, 6.07) is 12.6. The van der Waals surface area contributed by atoms with Gasteiger partial charge in [-0.2, -0.15) is 0 Å². The molecule has 2 atom stereocenters. The average molecular weight is 345 g/mol. The molecule has 112 valence electrons. The van der Waals surface area contributed by atoms with Crippen molar-refractivity contribution in [3.8, 4) is 5.75 Å². The summed E-state index contributed by atoms with van der Waals surface area (Å²) in [4.78, 5) is 0. The van der Waals surface area contributed by atoms with Crippen LogP contribution in [0.15, 0.2) is 42.5 Å². The number of hydrogen-bond acceptors (Lipinski definition) is 2. The highest BCUT2D eigenvalue weighted by atomic mass is 35.5. The lowest BCUT2D eigenvalue weighted by molar-refractivity contribution is 0.171. The van der Waals surface area contributed by atoms with Gasteiger partial charge in [-0.1, -0.05) is 59.9 Å². The van der Waals surface area contributed by atoms with Crippen molar-refractivity contribution in [3.63, 3.8) is 0 Å². The Labute approximate surface area is 139 Å². The Hall–Kier alpha value is -0.930. The Balaban J connectivity index is 2.33. The first-order valence-electron chi connectivity index (χ1n) is 6.64. The predicted octanol–water partition coefficient (Wildman–Crippen LogP) is 5.50. The summed E-state index contributed by atoms with van der Waals surface area (Å²) < 4.78 is 6.02. The molecule has 0 amide bonds. The maximum atomic E-state index is 6.19. The topological polar surface area (TPSA) is 35.2 Å². The SMILES string of the molecule is CCC(N)C(Oc1cccc(Cl)c1Cl)c1ccc(Cl)cc1. The van der Waals surface area contributed by atoms with Crippen molar-refractivity contribution in [3.05, 3.63) is 63.1 Å². The highest BCUT2D eigenvalue weighted by Crippen LogP contribution is 2.35.